The standard InChI is InChI=1S/C10H14N6/c1-9(10-8-11-2-3-13-10)12-4-6-16-7-5-14-15-16/h2-3,5,7-9,12H,4,6H2,1H3. The van der Waals surface area contributed by atoms with E-state index < -0.39 is 0 Å². The Morgan fingerprint density at radius 3 is 3.00 bits per heavy atom. The quantitative estimate of drug-likeness (QED) is 0.787. The molecule has 2 aromatic heterocycles. The molecular formula is C10H14N6. The molecule has 2 rings (SSSR count). The Kier molecular flexibility index (Phi) is 3.55. The van der Waals surface area contributed by atoms with Gasteiger partial charge in [0.2, 0.25) is 0 Å². The minimum atomic E-state index is 0.192. The summed E-state index contributed by atoms with van der Waals surface area (Å²) in [5, 5.41) is 11.0. The maximum absolute atomic E-state index is 4.23. The molecule has 0 aromatic carbocycles. The third-order valence-electron chi connectivity index (χ3n) is 2.29. The van der Waals surface area contributed by atoms with Gasteiger partial charge in [-0.3, -0.25) is 14.6 Å². The van der Waals surface area contributed by atoms with E-state index in [9.17, 15) is 0 Å². The van der Waals surface area contributed by atoms with E-state index in [0.29, 0.717) is 0 Å². The summed E-state index contributed by atoms with van der Waals surface area (Å²) >= 11 is 0. The van der Waals surface area contributed by atoms with E-state index in [4.69, 9.17) is 0 Å². The van der Waals surface area contributed by atoms with E-state index in [0.717, 1.165) is 18.8 Å². The second-order valence-electron chi connectivity index (χ2n) is 3.47. The molecule has 0 aliphatic rings. The van der Waals surface area contributed by atoms with E-state index >= 15 is 0 Å². The molecular weight excluding hydrogens is 204 g/mol. The average molecular weight is 218 g/mol. The summed E-state index contributed by atoms with van der Waals surface area (Å²) in [6, 6.07) is 0.192. The molecule has 0 fully saturated rings. The van der Waals surface area contributed by atoms with Gasteiger partial charge >= 0.3 is 0 Å². The smallest absolute Gasteiger partial charge is 0.0753 e. The zero-order valence-electron chi connectivity index (χ0n) is 9.11. The van der Waals surface area contributed by atoms with E-state index in [1.165, 1.54) is 0 Å². The first-order valence-electron chi connectivity index (χ1n) is 5.19. The highest BCUT2D eigenvalue weighted by Gasteiger charge is 2.05. The summed E-state index contributed by atoms with van der Waals surface area (Å²) in [6.45, 7) is 3.68. The van der Waals surface area contributed by atoms with Gasteiger partial charge in [-0.1, -0.05) is 5.21 Å². The highest BCUT2D eigenvalue weighted by Crippen LogP contribution is 2.05. The molecule has 0 spiro atoms. The molecule has 84 valence electrons. The van der Waals surface area contributed by atoms with Crippen molar-refractivity contribution in [2.24, 2.45) is 0 Å². The SMILES string of the molecule is CC(NCCn1ccnn1)c1cnccn1. The molecule has 0 aliphatic carbocycles. The summed E-state index contributed by atoms with van der Waals surface area (Å²) in [4.78, 5) is 8.27. The predicted octanol–water partition coefficient (Wildman–Crippen LogP) is 0.419. The van der Waals surface area contributed by atoms with Crippen molar-refractivity contribution in [2.45, 2.75) is 19.5 Å². The van der Waals surface area contributed by atoms with E-state index in [1.807, 2.05) is 6.20 Å². The molecule has 1 N–H and O–H groups in total. The van der Waals surface area contributed by atoms with Gasteiger partial charge in [0, 0.05) is 37.4 Å². The molecule has 0 bridgehead atoms. The lowest BCUT2D eigenvalue weighted by molar-refractivity contribution is 0.492. The van der Waals surface area contributed by atoms with Gasteiger partial charge in [0.1, 0.15) is 0 Å². The summed E-state index contributed by atoms with van der Waals surface area (Å²) < 4.78 is 1.79. The lowest BCUT2D eigenvalue weighted by Crippen LogP contribution is -2.24. The minimum absolute atomic E-state index is 0.192. The maximum Gasteiger partial charge on any atom is 0.0753 e. The second-order valence-corrected chi connectivity index (χ2v) is 3.47. The van der Waals surface area contributed by atoms with Gasteiger partial charge < -0.3 is 5.32 Å². The fraction of sp³-hybridized carbons (Fsp3) is 0.400. The van der Waals surface area contributed by atoms with Crippen molar-refractivity contribution >= 4 is 0 Å². The lowest BCUT2D eigenvalue weighted by atomic mass is 10.2. The Morgan fingerprint density at radius 1 is 1.38 bits per heavy atom. The Bertz CT molecular complexity index is 399. The van der Waals surface area contributed by atoms with Crippen LogP contribution in [-0.4, -0.2) is 31.5 Å². The maximum atomic E-state index is 4.23. The Morgan fingerprint density at radius 2 is 2.31 bits per heavy atom. The number of hydrogen-bond donors (Lipinski definition) is 1. The van der Waals surface area contributed by atoms with Crippen molar-refractivity contribution < 1.29 is 0 Å². The van der Waals surface area contributed by atoms with Crippen LogP contribution in [0.4, 0.5) is 0 Å². The number of hydrogen-bond acceptors (Lipinski definition) is 5. The highest BCUT2D eigenvalue weighted by atomic mass is 15.4. The van der Waals surface area contributed by atoms with Crippen LogP contribution in [-0.2, 0) is 6.54 Å². The fourth-order valence-corrected chi connectivity index (χ4v) is 1.39. The zero-order chi connectivity index (χ0) is 11.2. The number of nitrogens with one attached hydrogen (secondary N) is 1. The lowest BCUT2D eigenvalue weighted by Gasteiger charge is -2.12. The van der Waals surface area contributed by atoms with E-state index in [-0.39, 0.29) is 6.04 Å². The molecule has 2 aromatic rings. The molecule has 0 saturated heterocycles. The molecule has 0 amide bonds. The molecule has 16 heavy (non-hydrogen) atoms. The van der Waals surface area contributed by atoms with Crippen LogP contribution in [0.5, 0.6) is 0 Å². The first-order chi connectivity index (χ1) is 7.86. The Balaban J connectivity index is 1.78. The minimum Gasteiger partial charge on any atom is -0.307 e. The summed E-state index contributed by atoms with van der Waals surface area (Å²) in [6.07, 6.45) is 8.66. The molecule has 0 aliphatic heterocycles. The molecule has 1 atom stereocenters. The third-order valence-corrected chi connectivity index (χ3v) is 2.29. The highest BCUT2D eigenvalue weighted by molar-refractivity contribution is 5.00. The van der Waals surface area contributed by atoms with Gasteiger partial charge in [0.25, 0.3) is 0 Å². The van der Waals surface area contributed by atoms with Crippen LogP contribution in [0.25, 0.3) is 0 Å². The number of rotatable bonds is 5. The van der Waals surface area contributed by atoms with Crippen molar-refractivity contribution in [2.75, 3.05) is 6.54 Å². The Labute approximate surface area is 93.7 Å². The van der Waals surface area contributed by atoms with Crippen molar-refractivity contribution in [3.05, 3.63) is 36.7 Å². The van der Waals surface area contributed by atoms with Gasteiger partial charge in [-0.05, 0) is 6.92 Å². The van der Waals surface area contributed by atoms with Crippen molar-refractivity contribution in [1.29, 1.82) is 0 Å². The third kappa shape index (κ3) is 2.83. The molecule has 6 nitrogen and oxygen atoms in total. The summed E-state index contributed by atoms with van der Waals surface area (Å²) in [7, 11) is 0. The molecule has 6 heteroatoms. The molecule has 1 unspecified atom stereocenters. The predicted molar refractivity (Wildman–Crippen MR) is 58.5 cm³/mol. The van der Waals surface area contributed by atoms with Crippen LogP contribution in [0.15, 0.2) is 31.0 Å². The van der Waals surface area contributed by atoms with Crippen molar-refractivity contribution in [3.63, 3.8) is 0 Å². The van der Waals surface area contributed by atoms with Crippen LogP contribution in [0.3, 0.4) is 0 Å². The Hall–Kier alpha value is -1.82. The number of nitrogens with zero attached hydrogens (tertiary/aromatic N) is 5. The van der Waals surface area contributed by atoms with Crippen LogP contribution in [0, 0.1) is 0 Å². The second kappa shape index (κ2) is 5.32. The summed E-state index contributed by atoms with van der Waals surface area (Å²) in [5.74, 6) is 0. The van der Waals surface area contributed by atoms with Crippen molar-refractivity contribution in [1.82, 2.24) is 30.3 Å². The van der Waals surface area contributed by atoms with Crippen LogP contribution in [0.1, 0.15) is 18.7 Å². The van der Waals surface area contributed by atoms with Crippen molar-refractivity contribution in [3.8, 4) is 0 Å². The van der Waals surface area contributed by atoms with Gasteiger partial charge in [-0.2, -0.15) is 0 Å². The van der Waals surface area contributed by atoms with Gasteiger partial charge in [-0.25, -0.2) is 0 Å². The van der Waals surface area contributed by atoms with E-state index in [2.05, 4.69) is 32.5 Å². The fourth-order valence-electron chi connectivity index (χ4n) is 1.39. The van der Waals surface area contributed by atoms with Gasteiger partial charge in [0.15, 0.2) is 0 Å². The van der Waals surface area contributed by atoms with Crippen LogP contribution in [0.2, 0.25) is 0 Å². The first kappa shape index (κ1) is 10.7. The average Bonchev–Trinajstić information content (AvgIpc) is 2.83. The first-order valence-corrected chi connectivity index (χ1v) is 5.19. The van der Waals surface area contributed by atoms with Gasteiger partial charge in [0.05, 0.1) is 18.4 Å². The largest absolute Gasteiger partial charge is 0.307 e. The molecule has 0 radical (unpaired) electrons. The zero-order valence-corrected chi connectivity index (χ0v) is 9.11. The van der Waals surface area contributed by atoms with Crippen LogP contribution >= 0.6 is 0 Å². The monoisotopic (exact) mass is 218 g/mol. The van der Waals surface area contributed by atoms with E-state index in [1.54, 1.807) is 29.5 Å². The molecule has 0 saturated carbocycles. The van der Waals surface area contributed by atoms with Gasteiger partial charge in [-0.15, -0.1) is 5.10 Å². The van der Waals surface area contributed by atoms with Crippen LogP contribution < -0.4 is 5.32 Å². The summed E-state index contributed by atoms with van der Waals surface area (Å²) in [5.41, 5.74) is 0.945. The normalized spacial score (nSPS) is 12.6. The number of aromatic nitrogens is 5. The topological polar surface area (TPSA) is 68.5 Å². The molecule has 2 heterocycles.